The van der Waals surface area contributed by atoms with Crippen molar-refractivity contribution in [1.82, 2.24) is 9.78 Å². The van der Waals surface area contributed by atoms with Crippen LogP contribution in [0.3, 0.4) is 0 Å². The minimum atomic E-state index is -0.0728. The molecule has 0 atom stereocenters. The fourth-order valence-electron chi connectivity index (χ4n) is 1.52. The minimum absolute atomic E-state index is 0.0183. The number of hydrogen-bond donors (Lipinski definition) is 2. The van der Waals surface area contributed by atoms with Crippen LogP contribution in [-0.4, -0.2) is 33.2 Å². The molecule has 4 heteroatoms. The first-order valence-electron chi connectivity index (χ1n) is 4.96. The summed E-state index contributed by atoms with van der Waals surface area (Å²) in [6.07, 6.45) is 0.682. The first-order chi connectivity index (χ1) is 6.71. The van der Waals surface area contributed by atoms with Crippen molar-refractivity contribution in [2.45, 2.75) is 26.8 Å². The van der Waals surface area contributed by atoms with E-state index in [1.165, 1.54) is 0 Å². The number of nitrogens with zero attached hydrogens (tertiary/aromatic N) is 2. The molecule has 0 saturated carbocycles. The van der Waals surface area contributed by atoms with E-state index in [-0.39, 0.29) is 19.1 Å². The molecule has 1 heterocycles. The van der Waals surface area contributed by atoms with Gasteiger partial charge < -0.3 is 10.2 Å². The maximum Gasteiger partial charge on any atom is 0.0596 e. The Labute approximate surface area is 84.2 Å². The van der Waals surface area contributed by atoms with Gasteiger partial charge in [-0.3, -0.25) is 4.68 Å². The van der Waals surface area contributed by atoms with Crippen LogP contribution >= 0.6 is 0 Å². The third kappa shape index (κ3) is 2.56. The Hall–Kier alpha value is -0.870. The second kappa shape index (κ2) is 5.12. The van der Waals surface area contributed by atoms with Crippen molar-refractivity contribution < 1.29 is 10.2 Å². The molecule has 1 aromatic rings. The summed E-state index contributed by atoms with van der Waals surface area (Å²) in [6, 6.07) is 2.00. The van der Waals surface area contributed by atoms with Crippen LogP contribution in [0.2, 0.25) is 0 Å². The van der Waals surface area contributed by atoms with E-state index in [1.54, 1.807) is 0 Å². The van der Waals surface area contributed by atoms with Crippen molar-refractivity contribution >= 4 is 0 Å². The van der Waals surface area contributed by atoms with E-state index >= 15 is 0 Å². The molecule has 0 fully saturated rings. The molecule has 0 amide bonds. The van der Waals surface area contributed by atoms with E-state index in [4.69, 9.17) is 10.2 Å². The summed E-state index contributed by atoms with van der Waals surface area (Å²) in [7, 11) is 0. The number of hydrogen-bond acceptors (Lipinski definition) is 3. The van der Waals surface area contributed by atoms with Gasteiger partial charge in [0.05, 0.1) is 5.69 Å². The topological polar surface area (TPSA) is 58.3 Å². The van der Waals surface area contributed by atoms with E-state index in [0.717, 1.165) is 17.9 Å². The molecule has 1 aromatic heterocycles. The van der Waals surface area contributed by atoms with Gasteiger partial charge in [0.15, 0.2) is 0 Å². The minimum Gasteiger partial charge on any atom is -0.396 e. The normalized spacial score (nSPS) is 11.2. The molecule has 0 unspecified atom stereocenters. The van der Waals surface area contributed by atoms with Crippen molar-refractivity contribution in [2.75, 3.05) is 13.2 Å². The van der Waals surface area contributed by atoms with Crippen molar-refractivity contribution in [3.8, 4) is 0 Å². The molecule has 14 heavy (non-hydrogen) atoms. The molecule has 4 nitrogen and oxygen atoms in total. The maximum absolute atomic E-state index is 8.97. The lowest BCUT2D eigenvalue weighted by Crippen LogP contribution is -2.16. The average Bonchev–Trinajstić information content (AvgIpc) is 2.55. The van der Waals surface area contributed by atoms with Crippen molar-refractivity contribution in [3.05, 3.63) is 17.5 Å². The summed E-state index contributed by atoms with van der Waals surface area (Å²) in [6.45, 7) is 4.84. The van der Waals surface area contributed by atoms with E-state index < -0.39 is 0 Å². The van der Waals surface area contributed by atoms with Crippen LogP contribution in [0.15, 0.2) is 6.07 Å². The standard InChI is InChI=1S/C10H18N2O2/c1-3-12-10(4-8(2)11-12)5-9(6-13)7-14/h4,9,13-14H,3,5-7H2,1-2H3. The number of aromatic nitrogens is 2. The fourth-order valence-corrected chi connectivity index (χ4v) is 1.52. The average molecular weight is 198 g/mol. The molecular weight excluding hydrogens is 180 g/mol. The van der Waals surface area contributed by atoms with Gasteiger partial charge in [0.1, 0.15) is 0 Å². The molecule has 0 bridgehead atoms. The molecule has 0 radical (unpaired) electrons. The third-order valence-corrected chi connectivity index (χ3v) is 2.30. The summed E-state index contributed by atoms with van der Waals surface area (Å²) >= 11 is 0. The highest BCUT2D eigenvalue weighted by Gasteiger charge is 2.11. The van der Waals surface area contributed by atoms with Crippen molar-refractivity contribution in [3.63, 3.8) is 0 Å². The lowest BCUT2D eigenvalue weighted by molar-refractivity contribution is 0.148. The highest BCUT2D eigenvalue weighted by atomic mass is 16.3. The van der Waals surface area contributed by atoms with Crippen LogP contribution in [-0.2, 0) is 13.0 Å². The zero-order valence-corrected chi connectivity index (χ0v) is 8.77. The molecule has 0 aliphatic heterocycles. The second-order valence-electron chi connectivity index (χ2n) is 3.53. The highest BCUT2D eigenvalue weighted by Crippen LogP contribution is 2.10. The summed E-state index contributed by atoms with van der Waals surface area (Å²) in [5.41, 5.74) is 2.06. The molecule has 0 spiro atoms. The Morgan fingerprint density at radius 1 is 1.43 bits per heavy atom. The van der Waals surface area contributed by atoms with E-state index in [2.05, 4.69) is 5.10 Å². The van der Waals surface area contributed by atoms with Gasteiger partial charge in [0, 0.05) is 31.4 Å². The summed E-state index contributed by atoms with van der Waals surface area (Å²) in [5.74, 6) is -0.0728. The first-order valence-corrected chi connectivity index (χ1v) is 4.96. The summed E-state index contributed by atoms with van der Waals surface area (Å²) in [4.78, 5) is 0. The lowest BCUT2D eigenvalue weighted by atomic mass is 10.1. The Bertz CT molecular complexity index is 280. The van der Waals surface area contributed by atoms with Gasteiger partial charge >= 0.3 is 0 Å². The van der Waals surface area contributed by atoms with Gasteiger partial charge in [-0.15, -0.1) is 0 Å². The van der Waals surface area contributed by atoms with Gasteiger partial charge in [-0.1, -0.05) is 0 Å². The van der Waals surface area contributed by atoms with Crippen LogP contribution in [0.4, 0.5) is 0 Å². The Morgan fingerprint density at radius 3 is 2.57 bits per heavy atom. The monoisotopic (exact) mass is 198 g/mol. The van der Waals surface area contributed by atoms with Crippen LogP contribution in [0.1, 0.15) is 18.3 Å². The molecular formula is C10H18N2O2. The molecule has 0 aromatic carbocycles. The van der Waals surface area contributed by atoms with Gasteiger partial charge in [0.2, 0.25) is 0 Å². The fraction of sp³-hybridized carbons (Fsp3) is 0.700. The SMILES string of the molecule is CCn1nc(C)cc1CC(CO)CO. The molecule has 80 valence electrons. The second-order valence-corrected chi connectivity index (χ2v) is 3.53. The van der Waals surface area contributed by atoms with Gasteiger partial charge in [-0.2, -0.15) is 5.10 Å². The highest BCUT2D eigenvalue weighted by molar-refractivity contribution is 5.09. The van der Waals surface area contributed by atoms with Crippen molar-refractivity contribution in [2.24, 2.45) is 5.92 Å². The smallest absolute Gasteiger partial charge is 0.0596 e. The van der Waals surface area contributed by atoms with Gasteiger partial charge in [-0.05, 0) is 26.3 Å². The van der Waals surface area contributed by atoms with E-state index in [9.17, 15) is 0 Å². The summed E-state index contributed by atoms with van der Waals surface area (Å²) < 4.78 is 1.91. The lowest BCUT2D eigenvalue weighted by Gasteiger charge is -2.11. The van der Waals surface area contributed by atoms with Gasteiger partial charge in [-0.25, -0.2) is 0 Å². The summed E-state index contributed by atoms with van der Waals surface area (Å²) in [5, 5.41) is 22.2. The molecule has 0 aliphatic carbocycles. The van der Waals surface area contributed by atoms with Crippen molar-refractivity contribution in [1.29, 1.82) is 0 Å². The predicted octanol–water partition coefficient (Wildman–Crippen LogP) is 0.355. The Balaban J connectivity index is 2.73. The van der Waals surface area contributed by atoms with Crippen LogP contribution in [0.5, 0.6) is 0 Å². The van der Waals surface area contributed by atoms with E-state index in [0.29, 0.717) is 6.42 Å². The predicted molar refractivity (Wildman–Crippen MR) is 54.0 cm³/mol. The van der Waals surface area contributed by atoms with Gasteiger partial charge in [0.25, 0.3) is 0 Å². The molecule has 0 aliphatic rings. The number of rotatable bonds is 5. The molecule has 0 saturated heterocycles. The first kappa shape index (κ1) is 11.2. The zero-order valence-electron chi connectivity index (χ0n) is 8.77. The molecule has 2 N–H and O–H groups in total. The van der Waals surface area contributed by atoms with Crippen LogP contribution in [0.25, 0.3) is 0 Å². The Kier molecular flexibility index (Phi) is 4.10. The number of aryl methyl sites for hydroxylation is 2. The quantitative estimate of drug-likeness (QED) is 0.718. The Morgan fingerprint density at radius 2 is 2.07 bits per heavy atom. The third-order valence-electron chi connectivity index (χ3n) is 2.30. The largest absolute Gasteiger partial charge is 0.396 e. The maximum atomic E-state index is 8.97. The van der Waals surface area contributed by atoms with Crippen LogP contribution in [0, 0.1) is 12.8 Å². The molecule has 1 rings (SSSR count). The number of aliphatic hydroxyl groups excluding tert-OH is 2. The zero-order chi connectivity index (χ0) is 10.6. The van der Waals surface area contributed by atoms with Crippen LogP contribution < -0.4 is 0 Å². The van der Waals surface area contributed by atoms with E-state index in [1.807, 2.05) is 24.6 Å². The number of aliphatic hydroxyl groups is 2.